The minimum atomic E-state index is 0.0318. The lowest BCUT2D eigenvalue weighted by atomic mass is 9.65. The SMILES string of the molecule is C1=CCCC(N(c2ccccc2)c2ccc(C3(c4ccc(N(c5ccccc5)c5ccccc5)cc4)CCCCC3)cc2)=C1. The van der Waals surface area contributed by atoms with Gasteiger partial charge < -0.3 is 9.80 Å². The molecule has 5 aromatic rings. The number of anilines is 5. The Hall–Kier alpha value is -4.82. The van der Waals surface area contributed by atoms with Gasteiger partial charge in [-0.05, 0) is 104 Å². The van der Waals surface area contributed by atoms with Gasteiger partial charge in [-0.25, -0.2) is 0 Å². The molecule has 0 amide bonds. The molecule has 218 valence electrons. The van der Waals surface area contributed by atoms with E-state index in [4.69, 9.17) is 0 Å². The summed E-state index contributed by atoms with van der Waals surface area (Å²) >= 11 is 0. The molecule has 0 atom stereocenters. The Morgan fingerprint density at radius 2 is 0.864 bits per heavy atom. The zero-order chi connectivity index (χ0) is 29.6. The summed E-state index contributed by atoms with van der Waals surface area (Å²) in [6.45, 7) is 0. The minimum absolute atomic E-state index is 0.0318. The second-order valence-electron chi connectivity index (χ2n) is 12.0. The Balaban J connectivity index is 1.24. The van der Waals surface area contributed by atoms with Crippen LogP contribution in [-0.4, -0.2) is 0 Å². The van der Waals surface area contributed by atoms with Crippen molar-refractivity contribution >= 4 is 28.4 Å². The number of nitrogens with zero attached hydrogens (tertiary/aromatic N) is 2. The molecule has 0 N–H and O–H groups in total. The Labute approximate surface area is 262 Å². The van der Waals surface area contributed by atoms with E-state index in [0.717, 1.165) is 12.8 Å². The highest BCUT2D eigenvalue weighted by molar-refractivity contribution is 5.76. The predicted octanol–water partition coefficient (Wildman–Crippen LogP) is 11.8. The first-order chi connectivity index (χ1) is 21.8. The van der Waals surface area contributed by atoms with Crippen LogP contribution < -0.4 is 9.80 Å². The van der Waals surface area contributed by atoms with Gasteiger partial charge >= 0.3 is 0 Å². The zero-order valence-electron chi connectivity index (χ0n) is 25.4. The van der Waals surface area contributed by atoms with Gasteiger partial charge in [-0.15, -0.1) is 0 Å². The fourth-order valence-corrected chi connectivity index (χ4v) is 7.19. The second kappa shape index (κ2) is 12.8. The summed E-state index contributed by atoms with van der Waals surface area (Å²) in [4.78, 5) is 4.77. The highest BCUT2D eigenvalue weighted by Gasteiger charge is 2.36. The number of hydrogen-bond acceptors (Lipinski definition) is 2. The van der Waals surface area contributed by atoms with E-state index in [2.05, 4.69) is 168 Å². The maximum atomic E-state index is 2.43. The maximum Gasteiger partial charge on any atom is 0.0461 e. The molecule has 0 aromatic heterocycles. The lowest BCUT2D eigenvalue weighted by molar-refractivity contribution is 0.346. The summed E-state index contributed by atoms with van der Waals surface area (Å²) in [6, 6.07) is 51.1. The van der Waals surface area contributed by atoms with Crippen LogP contribution in [0.2, 0.25) is 0 Å². The van der Waals surface area contributed by atoms with Crippen molar-refractivity contribution < 1.29 is 0 Å². The van der Waals surface area contributed by atoms with Crippen LogP contribution in [0, 0.1) is 0 Å². The van der Waals surface area contributed by atoms with Crippen LogP contribution in [0.15, 0.2) is 163 Å². The smallest absolute Gasteiger partial charge is 0.0461 e. The van der Waals surface area contributed by atoms with Gasteiger partial charge in [0.15, 0.2) is 0 Å². The van der Waals surface area contributed by atoms with Crippen molar-refractivity contribution in [2.24, 2.45) is 0 Å². The Morgan fingerprint density at radius 1 is 0.432 bits per heavy atom. The van der Waals surface area contributed by atoms with Crippen LogP contribution in [0.25, 0.3) is 0 Å². The molecule has 7 rings (SSSR count). The molecule has 0 aliphatic heterocycles. The number of rotatable bonds is 8. The first-order valence-corrected chi connectivity index (χ1v) is 16.1. The summed E-state index contributed by atoms with van der Waals surface area (Å²) < 4.78 is 0. The van der Waals surface area contributed by atoms with Crippen LogP contribution in [0.5, 0.6) is 0 Å². The molecule has 2 heteroatoms. The summed E-state index contributed by atoms with van der Waals surface area (Å²) in [5.41, 5.74) is 10.2. The third-order valence-corrected chi connectivity index (χ3v) is 9.39. The average molecular weight is 573 g/mol. The molecule has 2 aliphatic rings. The molecule has 2 aliphatic carbocycles. The summed E-state index contributed by atoms with van der Waals surface area (Å²) in [6.07, 6.45) is 15.1. The maximum absolute atomic E-state index is 2.43. The molecule has 1 fully saturated rings. The third kappa shape index (κ3) is 5.61. The standard InChI is InChI=1S/C42H40N2/c1-6-16-36(17-7-1)43(37-18-8-2-9-19-37)40-28-24-34(25-29-40)42(32-14-5-15-33-42)35-26-30-41(31-27-35)44(38-20-10-3-11-21-38)39-22-12-4-13-23-39/h1-4,6-12,16-22,24-31H,5,13-15,23,32-33H2. The van der Waals surface area contributed by atoms with Gasteiger partial charge in [0.25, 0.3) is 0 Å². The van der Waals surface area contributed by atoms with Gasteiger partial charge in [-0.1, -0.05) is 110 Å². The number of benzene rings is 5. The van der Waals surface area contributed by atoms with Crippen molar-refractivity contribution in [3.05, 3.63) is 175 Å². The first-order valence-electron chi connectivity index (χ1n) is 16.1. The molecular formula is C42H40N2. The zero-order valence-corrected chi connectivity index (χ0v) is 25.4. The van der Waals surface area contributed by atoms with Gasteiger partial charge in [0, 0.05) is 39.5 Å². The number of hydrogen-bond donors (Lipinski definition) is 0. The molecule has 0 unspecified atom stereocenters. The van der Waals surface area contributed by atoms with Crippen LogP contribution in [-0.2, 0) is 5.41 Å². The van der Waals surface area contributed by atoms with Gasteiger partial charge in [0.2, 0.25) is 0 Å². The number of para-hydroxylation sites is 3. The molecule has 1 saturated carbocycles. The summed E-state index contributed by atoms with van der Waals surface area (Å²) in [7, 11) is 0. The van der Waals surface area contributed by atoms with Crippen molar-refractivity contribution in [2.75, 3.05) is 9.80 Å². The monoisotopic (exact) mass is 572 g/mol. The summed E-state index contributed by atoms with van der Waals surface area (Å²) in [5.74, 6) is 0. The minimum Gasteiger partial charge on any atom is -0.314 e. The van der Waals surface area contributed by atoms with E-state index >= 15 is 0 Å². The highest BCUT2D eigenvalue weighted by Crippen LogP contribution is 2.47. The molecule has 44 heavy (non-hydrogen) atoms. The van der Waals surface area contributed by atoms with Crippen LogP contribution in [0.4, 0.5) is 28.4 Å². The molecule has 2 nitrogen and oxygen atoms in total. The third-order valence-electron chi connectivity index (χ3n) is 9.39. The molecule has 0 saturated heterocycles. The van der Waals surface area contributed by atoms with Gasteiger partial charge in [0.1, 0.15) is 0 Å². The van der Waals surface area contributed by atoms with Crippen LogP contribution in [0.3, 0.4) is 0 Å². The Morgan fingerprint density at radius 3 is 1.32 bits per heavy atom. The number of allylic oxidation sites excluding steroid dienone is 4. The predicted molar refractivity (Wildman–Crippen MR) is 186 cm³/mol. The Kier molecular flexibility index (Phi) is 8.15. The van der Waals surface area contributed by atoms with E-state index in [0.29, 0.717) is 0 Å². The molecular weight excluding hydrogens is 532 g/mol. The lowest BCUT2D eigenvalue weighted by Gasteiger charge is -2.39. The fraction of sp³-hybridized carbons (Fsp3) is 0.190. The fourth-order valence-electron chi connectivity index (χ4n) is 7.19. The van der Waals surface area contributed by atoms with Crippen molar-refractivity contribution in [2.45, 2.75) is 50.4 Å². The van der Waals surface area contributed by atoms with E-state index in [-0.39, 0.29) is 5.41 Å². The van der Waals surface area contributed by atoms with Crippen LogP contribution in [0.1, 0.15) is 56.1 Å². The topological polar surface area (TPSA) is 6.48 Å². The largest absolute Gasteiger partial charge is 0.314 e. The highest BCUT2D eigenvalue weighted by atomic mass is 15.2. The van der Waals surface area contributed by atoms with E-state index in [9.17, 15) is 0 Å². The molecule has 0 radical (unpaired) electrons. The molecule has 5 aromatic carbocycles. The van der Waals surface area contributed by atoms with Gasteiger partial charge in [-0.2, -0.15) is 0 Å². The van der Waals surface area contributed by atoms with Gasteiger partial charge in [0.05, 0.1) is 0 Å². The van der Waals surface area contributed by atoms with Crippen molar-refractivity contribution in [1.29, 1.82) is 0 Å². The van der Waals surface area contributed by atoms with Crippen molar-refractivity contribution in [3.63, 3.8) is 0 Å². The molecule has 0 bridgehead atoms. The first kappa shape index (κ1) is 28.0. The lowest BCUT2D eigenvalue weighted by Crippen LogP contribution is -2.30. The van der Waals surface area contributed by atoms with Crippen molar-refractivity contribution in [1.82, 2.24) is 0 Å². The summed E-state index contributed by atoms with van der Waals surface area (Å²) in [5, 5.41) is 0. The van der Waals surface area contributed by atoms with E-state index < -0.39 is 0 Å². The van der Waals surface area contributed by atoms with E-state index in [1.54, 1.807) is 0 Å². The average Bonchev–Trinajstić information content (AvgIpc) is 3.11. The second-order valence-corrected chi connectivity index (χ2v) is 12.0. The van der Waals surface area contributed by atoms with E-state index in [1.807, 2.05) is 0 Å². The van der Waals surface area contributed by atoms with E-state index in [1.165, 1.54) is 77.4 Å². The molecule has 0 heterocycles. The quantitative estimate of drug-likeness (QED) is 0.182. The Bertz CT molecular complexity index is 1660. The van der Waals surface area contributed by atoms with Crippen molar-refractivity contribution in [3.8, 4) is 0 Å². The normalized spacial score (nSPS) is 15.8. The van der Waals surface area contributed by atoms with Gasteiger partial charge in [-0.3, -0.25) is 0 Å². The molecule has 0 spiro atoms. The van der Waals surface area contributed by atoms with Crippen LogP contribution >= 0.6 is 0 Å².